The summed E-state index contributed by atoms with van der Waals surface area (Å²) >= 11 is 0. The van der Waals surface area contributed by atoms with Gasteiger partial charge in [-0.1, -0.05) is 65.8 Å². The largest absolute Gasteiger partial charge is 0.361 e. The average molecular weight is 375 g/mol. The number of amides is 1. The van der Waals surface area contributed by atoms with Gasteiger partial charge in [0.2, 0.25) is 5.91 Å². The highest BCUT2D eigenvalue weighted by Crippen LogP contribution is 2.36. The van der Waals surface area contributed by atoms with Crippen molar-refractivity contribution in [1.82, 2.24) is 15.4 Å². The van der Waals surface area contributed by atoms with Crippen LogP contribution in [0.3, 0.4) is 0 Å². The van der Waals surface area contributed by atoms with Gasteiger partial charge in [-0.2, -0.15) is 0 Å². The fourth-order valence-electron chi connectivity index (χ4n) is 3.89. The lowest BCUT2D eigenvalue weighted by molar-refractivity contribution is -0.119. The molecular weight excluding hydrogens is 350 g/mol. The van der Waals surface area contributed by atoms with E-state index in [0.717, 1.165) is 37.5 Å². The number of fused-ring (bicyclic) bond motifs is 1. The highest BCUT2D eigenvalue weighted by molar-refractivity contribution is 5.72. The van der Waals surface area contributed by atoms with E-state index in [4.69, 9.17) is 4.52 Å². The lowest BCUT2D eigenvalue weighted by atomic mass is 9.85. The lowest BCUT2D eigenvalue weighted by Crippen LogP contribution is -2.37. The molecule has 144 valence electrons. The molecule has 0 spiro atoms. The Hall–Kier alpha value is -2.92. The van der Waals surface area contributed by atoms with Crippen molar-refractivity contribution in [3.8, 4) is 0 Å². The molecule has 5 nitrogen and oxygen atoms in total. The van der Waals surface area contributed by atoms with Gasteiger partial charge >= 0.3 is 0 Å². The van der Waals surface area contributed by atoms with Crippen molar-refractivity contribution in [3.63, 3.8) is 0 Å². The molecule has 1 N–H and O–H groups in total. The third-order valence-electron chi connectivity index (χ3n) is 5.28. The van der Waals surface area contributed by atoms with Crippen molar-refractivity contribution in [1.29, 1.82) is 0 Å². The Balaban J connectivity index is 1.64. The van der Waals surface area contributed by atoms with Crippen LogP contribution in [0, 0.1) is 0 Å². The minimum absolute atomic E-state index is 0.0107. The second-order valence-electron chi connectivity index (χ2n) is 7.23. The number of rotatable bonds is 6. The summed E-state index contributed by atoms with van der Waals surface area (Å²) in [6, 6.07) is 20.9. The summed E-state index contributed by atoms with van der Waals surface area (Å²) in [4.78, 5) is 13.5. The van der Waals surface area contributed by atoms with Crippen molar-refractivity contribution in [2.45, 2.75) is 25.8 Å². The summed E-state index contributed by atoms with van der Waals surface area (Å²) in [6.07, 6.45) is 0.846. The van der Waals surface area contributed by atoms with Crippen LogP contribution in [0.15, 0.2) is 65.2 Å². The number of carbonyl (C=O) groups is 1. The van der Waals surface area contributed by atoms with Crippen LogP contribution in [0.25, 0.3) is 0 Å². The standard InChI is InChI=1S/C23H25N3O2/c1-17(27)24-13-15-26-14-12-21-20(16-26)23(25-28-21)22(18-8-4-2-5-9-18)19-10-6-3-7-11-19/h2-11,22H,12-16H2,1H3,(H,24,27). The number of nitrogens with one attached hydrogen (secondary N) is 1. The van der Waals surface area contributed by atoms with Crippen LogP contribution in [0.2, 0.25) is 0 Å². The summed E-state index contributed by atoms with van der Waals surface area (Å²) in [5.74, 6) is 1.05. The molecule has 2 aromatic carbocycles. The van der Waals surface area contributed by atoms with Gasteiger partial charge in [-0.05, 0) is 11.1 Å². The van der Waals surface area contributed by atoms with Crippen molar-refractivity contribution in [2.75, 3.05) is 19.6 Å². The van der Waals surface area contributed by atoms with Gasteiger partial charge in [-0.3, -0.25) is 9.69 Å². The molecule has 0 fully saturated rings. The van der Waals surface area contributed by atoms with E-state index in [2.05, 4.69) is 63.9 Å². The van der Waals surface area contributed by atoms with E-state index in [9.17, 15) is 4.79 Å². The summed E-state index contributed by atoms with van der Waals surface area (Å²) in [5.41, 5.74) is 4.60. The van der Waals surface area contributed by atoms with Gasteiger partial charge in [-0.15, -0.1) is 0 Å². The predicted octanol–water partition coefficient (Wildman–Crippen LogP) is 3.35. The van der Waals surface area contributed by atoms with E-state index in [-0.39, 0.29) is 11.8 Å². The Labute approximate surface area is 165 Å². The maximum atomic E-state index is 11.1. The first-order valence-electron chi connectivity index (χ1n) is 9.76. The number of carbonyl (C=O) groups excluding carboxylic acids is 1. The van der Waals surface area contributed by atoms with Crippen LogP contribution in [-0.4, -0.2) is 35.6 Å². The average Bonchev–Trinajstić information content (AvgIpc) is 3.13. The van der Waals surface area contributed by atoms with Crippen molar-refractivity contribution >= 4 is 5.91 Å². The monoisotopic (exact) mass is 375 g/mol. The van der Waals surface area contributed by atoms with Gasteiger partial charge in [0.25, 0.3) is 0 Å². The van der Waals surface area contributed by atoms with Crippen LogP contribution < -0.4 is 5.32 Å². The molecule has 1 amide bonds. The Morgan fingerprint density at radius 3 is 2.36 bits per heavy atom. The molecule has 3 aromatic rings. The maximum Gasteiger partial charge on any atom is 0.216 e. The Bertz CT molecular complexity index is 882. The fraction of sp³-hybridized carbons (Fsp3) is 0.304. The summed E-state index contributed by atoms with van der Waals surface area (Å²) in [5, 5.41) is 7.40. The highest BCUT2D eigenvalue weighted by atomic mass is 16.5. The fourth-order valence-corrected chi connectivity index (χ4v) is 3.89. The molecule has 1 aliphatic rings. The summed E-state index contributed by atoms with van der Waals surface area (Å²) in [7, 11) is 0. The predicted molar refractivity (Wildman–Crippen MR) is 108 cm³/mol. The van der Waals surface area contributed by atoms with Crippen LogP contribution in [0.4, 0.5) is 0 Å². The SMILES string of the molecule is CC(=O)NCCN1CCc2onc(C(c3ccccc3)c3ccccc3)c2C1. The quantitative estimate of drug-likeness (QED) is 0.718. The Kier molecular flexibility index (Phi) is 5.53. The number of hydrogen-bond donors (Lipinski definition) is 1. The zero-order valence-corrected chi connectivity index (χ0v) is 16.1. The van der Waals surface area contributed by atoms with Gasteiger partial charge in [0.1, 0.15) is 11.5 Å². The number of nitrogens with zero attached hydrogens (tertiary/aromatic N) is 2. The molecule has 0 aliphatic carbocycles. The number of hydrogen-bond acceptors (Lipinski definition) is 4. The van der Waals surface area contributed by atoms with Gasteiger partial charge in [0, 0.05) is 45.1 Å². The second-order valence-corrected chi connectivity index (χ2v) is 7.23. The van der Waals surface area contributed by atoms with E-state index < -0.39 is 0 Å². The van der Waals surface area contributed by atoms with E-state index >= 15 is 0 Å². The van der Waals surface area contributed by atoms with E-state index in [1.54, 1.807) is 6.92 Å². The van der Waals surface area contributed by atoms with Crippen molar-refractivity contribution in [2.24, 2.45) is 0 Å². The number of aromatic nitrogens is 1. The van der Waals surface area contributed by atoms with Crippen LogP contribution in [0.1, 0.15) is 41.0 Å². The van der Waals surface area contributed by atoms with Gasteiger partial charge in [-0.25, -0.2) is 0 Å². The zero-order chi connectivity index (χ0) is 19.3. The van der Waals surface area contributed by atoms with Crippen LogP contribution in [0.5, 0.6) is 0 Å². The molecule has 2 heterocycles. The number of benzene rings is 2. The van der Waals surface area contributed by atoms with Crippen molar-refractivity contribution in [3.05, 3.63) is 88.8 Å². The summed E-state index contributed by atoms with van der Waals surface area (Å²) in [6.45, 7) is 4.75. The van der Waals surface area contributed by atoms with Gasteiger partial charge in [0.05, 0.1) is 5.92 Å². The first kappa shape index (κ1) is 18.4. The Morgan fingerprint density at radius 1 is 1.11 bits per heavy atom. The van der Waals surface area contributed by atoms with Gasteiger partial charge < -0.3 is 9.84 Å². The van der Waals surface area contributed by atoms with E-state index in [0.29, 0.717) is 6.54 Å². The molecule has 5 heteroatoms. The minimum Gasteiger partial charge on any atom is -0.361 e. The molecular formula is C23H25N3O2. The van der Waals surface area contributed by atoms with E-state index in [1.165, 1.54) is 16.7 Å². The molecule has 4 rings (SSSR count). The molecule has 0 radical (unpaired) electrons. The van der Waals surface area contributed by atoms with Crippen LogP contribution >= 0.6 is 0 Å². The van der Waals surface area contributed by atoms with Gasteiger partial charge in [0.15, 0.2) is 0 Å². The molecule has 0 saturated carbocycles. The molecule has 0 saturated heterocycles. The molecule has 1 aliphatic heterocycles. The molecule has 28 heavy (non-hydrogen) atoms. The minimum atomic E-state index is 0.0107. The normalized spacial score (nSPS) is 14.1. The summed E-state index contributed by atoms with van der Waals surface area (Å²) < 4.78 is 5.76. The van der Waals surface area contributed by atoms with Crippen molar-refractivity contribution < 1.29 is 9.32 Å². The molecule has 1 aromatic heterocycles. The third-order valence-corrected chi connectivity index (χ3v) is 5.28. The Morgan fingerprint density at radius 2 is 1.75 bits per heavy atom. The smallest absolute Gasteiger partial charge is 0.216 e. The molecule has 0 unspecified atom stereocenters. The zero-order valence-electron chi connectivity index (χ0n) is 16.1. The van der Waals surface area contributed by atoms with Crippen LogP contribution in [-0.2, 0) is 17.8 Å². The highest BCUT2D eigenvalue weighted by Gasteiger charge is 2.29. The van der Waals surface area contributed by atoms with E-state index in [1.807, 2.05) is 12.1 Å². The lowest BCUT2D eigenvalue weighted by Gasteiger charge is -2.27. The topological polar surface area (TPSA) is 58.4 Å². The molecule has 0 atom stereocenters. The molecule has 0 bridgehead atoms. The first-order valence-corrected chi connectivity index (χ1v) is 9.76. The first-order chi connectivity index (χ1) is 13.7. The maximum absolute atomic E-state index is 11.1. The second kappa shape index (κ2) is 8.40. The third kappa shape index (κ3) is 3.99.